The van der Waals surface area contributed by atoms with Crippen LogP contribution in [0.3, 0.4) is 0 Å². The monoisotopic (exact) mass is 351 g/mol. The van der Waals surface area contributed by atoms with Crippen molar-refractivity contribution in [2.24, 2.45) is 0 Å². The highest BCUT2D eigenvalue weighted by Gasteiger charge is 2.29. The number of anilines is 2. The van der Waals surface area contributed by atoms with E-state index in [0.717, 1.165) is 0 Å². The van der Waals surface area contributed by atoms with Crippen LogP contribution in [0.4, 0.5) is 11.4 Å². The zero-order valence-electron chi connectivity index (χ0n) is 12.1. The Morgan fingerprint density at radius 2 is 2.13 bits per heavy atom. The molecule has 2 aromatic rings. The van der Waals surface area contributed by atoms with Crippen LogP contribution in [0.1, 0.15) is 16.8 Å². The molecule has 0 unspecified atom stereocenters. The van der Waals surface area contributed by atoms with E-state index in [-0.39, 0.29) is 16.7 Å². The van der Waals surface area contributed by atoms with Crippen LogP contribution in [0.25, 0.3) is 0 Å². The van der Waals surface area contributed by atoms with Crippen LogP contribution >= 0.6 is 11.6 Å². The number of carbonyl (C=O) groups is 1. The van der Waals surface area contributed by atoms with Crippen molar-refractivity contribution >= 4 is 38.9 Å². The molecule has 0 aliphatic carbocycles. The molecule has 2 heterocycles. The first-order valence-corrected chi connectivity index (χ1v) is 8.97. The van der Waals surface area contributed by atoms with E-state index in [4.69, 9.17) is 11.6 Å². The number of benzene rings is 1. The Morgan fingerprint density at radius 1 is 1.30 bits per heavy atom. The molecule has 1 saturated heterocycles. The SMILES string of the molecule is O=C(Nc1ccc(N2CCCS2(=O)=O)c(Cl)c1)c1cccnc1. The zero-order chi connectivity index (χ0) is 16.4. The molecule has 1 aliphatic rings. The second-order valence-corrected chi connectivity index (χ2v) is 7.52. The molecule has 1 amide bonds. The standard InChI is InChI=1S/C15H14ClN3O3S/c16-13-9-12(18-15(20)11-3-1-6-17-10-11)4-5-14(13)19-7-2-8-23(19,21)22/h1,3-6,9-10H,2,7-8H2,(H,18,20). The summed E-state index contributed by atoms with van der Waals surface area (Å²) in [5.41, 5.74) is 1.35. The Kier molecular flexibility index (Phi) is 4.23. The van der Waals surface area contributed by atoms with Gasteiger partial charge in [-0.1, -0.05) is 11.6 Å². The number of amides is 1. The number of aromatic nitrogens is 1. The van der Waals surface area contributed by atoms with E-state index >= 15 is 0 Å². The molecule has 0 atom stereocenters. The number of halogens is 1. The first-order valence-electron chi connectivity index (χ1n) is 6.99. The molecule has 3 rings (SSSR count). The predicted octanol–water partition coefficient (Wildman–Crippen LogP) is 2.53. The summed E-state index contributed by atoms with van der Waals surface area (Å²) in [6.45, 7) is 0.420. The maximum Gasteiger partial charge on any atom is 0.257 e. The summed E-state index contributed by atoms with van der Waals surface area (Å²) in [6, 6.07) is 8.09. The van der Waals surface area contributed by atoms with Crippen molar-refractivity contribution < 1.29 is 13.2 Å². The molecule has 1 N–H and O–H groups in total. The van der Waals surface area contributed by atoms with E-state index in [1.54, 1.807) is 36.5 Å². The molecule has 1 fully saturated rings. The maximum absolute atomic E-state index is 12.1. The molecule has 120 valence electrons. The molecule has 0 radical (unpaired) electrons. The van der Waals surface area contributed by atoms with E-state index in [1.165, 1.54) is 10.5 Å². The van der Waals surface area contributed by atoms with E-state index in [1.807, 2.05) is 0 Å². The van der Waals surface area contributed by atoms with Crippen molar-refractivity contribution in [3.8, 4) is 0 Å². The first-order chi connectivity index (χ1) is 11.0. The van der Waals surface area contributed by atoms with Crippen molar-refractivity contribution in [1.29, 1.82) is 0 Å². The van der Waals surface area contributed by atoms with Crippen LogP contribution in [0.2, 0.25) is 5.02 Å². The van der Waals surface area contributed by atoms with E-state index in [2.05, 4.69) is 10.3 Å². The Bertz CT molecular complexity index is 840. The van der Waals surface area contributed by atoms with Gasteiger partial charge in [-0.15, -0.1) is 0 Å². The van der Waals surface area contributed by atoms with Gasteiger partial charge in [0.25, 0.3) is 5.91 Å². The third-order valence-electron chi connectivity index (χ3n) is 3.50. The van der Waals surface area contributed by atoms with Gasteiger partial charge in [0.1, 0.15) is 0 Å². The fourth-order valence-electron chi connectivity index (χ4n) is 2.40. The highest BCUT2D eigenvalue weighted by atomic mass is 35.5. The molecule has 23 heavy (non-hydrogen) atoms. The quantitative estimate of drug-likeness (QED) is 0.921. The minimum Gasteiger partial charge on any atom is -0.322 e. The number of rotatable bonds is 3. The van der Waals surface area contributed by atoms with Gasteiger partial charge in [0.15, 0.2) is 0 Å². The lowest BCUT2D eigenvalue weighted by Crippen LogP contribution is -2.25. The topological polar surface area (TPSA) is 79.4 Å². The number of hydrogen-bond acceptors (Lipinski definition) is 4. The molecule has 8 heteroatoms. The van der Waals surface area contributed by atoms with Gasteiger partial charge in [-0.2, -0.15) is 0 Å². The molecule has 0 saturated carbocycles. The molecule has 1 aromatic heterocycles. The summed E-state index contributed by atoms with van der Waals surface area (Å²) in [4.78, 5) is 16.0. The van der Waals surface area contributed by atoms with Gasteiger partial charge < -0.3 is 5.32 Å². The lowest BCUT2D eigenvalue weighted by molar-refractivity contribution is 0.102. The van der Waals surface area contributed by atoms with E-state index in [0.29, 0.717) is 29.9 Å². The highest BCUT2D eigenvalue weighted by Crippen LogP contribution is 2.33. The van der Waals surface area contributed by atoms with E-state index < -0.39 is 10.0 Å². The average molecular weight is 352 g/mol. The van der Waals surface area contributed by atoms with Crippen molar-refractivity contribution in [3.63, 3.8) is 0 Å². The maximum atomic E-state index is 12.1. The van der Waals surface area contributed by atoms with Crippen molar-refractivity contribution in [3.05, 3.63) is 53.3 Å². The van der Waals surface area contributed by atoms with Gasteiger partial charge in [0, 0.05) is 24.6 Å². The zero-order valence-corrected chi connectivity index (χ0v) is 13.6. The fourth-order valence-corrected chi connectivity index (χ4v) is 4.31. The summed E-state index contributed by atoms with van der Waals surface area (Å²) >= 11 is 6.20. The van der Waals surface area contributed by atoms with Gasteiger partial charge in [-0.25, -0.2) is 8.42 Å². The number of sulfonamides is 1. The number of hydrogen-bond donors (Lipinski definition) is 1. The van der Waals surface area contributed by atoms with Crippen molar-refractivity contribution in [2.75, 3.05) is 21.9 Å². The molecule has 0 spiro atoms. The second-order valence-electron chi connectivity index (χ2n) is 5.10. The van der Waals surface area contributed by atoms with Gasteiger partial charge in [0.2, 0.25) is 10.0 Å². The number of nitrogens with zero attached hydrogens (tertiary/aromatic N) is 2. The molecular weight excluding hydrogens is 338 g/mol. The third-order valence-corrected chi connectivity index (χ3v) is 5.66. The summed E-state index contributed by atoms with van der Waals surface area (Å²) < 4.78 is 25.2. The lowest BCUT2D eigenvalue weighted by atomic mass is 10.2. The molecule has 1 aliphatic heterocycles. The number of carbonyl (C=O) groups excluding carboxylic acids is 1. The Labute approximate surface area is 139 Å². The second kappa shape index (κ2) is 6.17. The first kappa shape index (κ1) is 15.8. The molecule has 6 nitrogen and oxygen atoms in total. The van der Waals surface area contributed by atoms with Crippen LogP contribution in [0.15, 0.2) is 42.7 Å². The Balaban J connectivity index is 1.81. The minimum atomic E-state index is -3.29. The van der Waals surface area contributed by atoms with Crippen molar-refractivity contribution in [2.45, 2.75) is 6.42 Å². The minimum absolute atomic E-state index is 0.128. The van der Waals surface area contributed by atoms with Crippen LogP contribution in [0.5, 0.6) is 0 Å². The summed E-state index contributed by atoms with van der Waals surface area (Å²) in [5.74, 6) is -0.182. The normalized spacial score (nSPS) is 16.3. The Morgan fingerprint density at radius 3 is 2.74 bits per heavy atom. The third kappa shape index (κ3) is 3.30. The van der Waals surface area contributed by atoms with Crippen LogP contribution < -0.4 is 9.62 Å². The number of nitrogens with one attached hydrogen (secondary N) is 1. The highest BCUT2D eigenvalue weighted by molar-refractivity contribution is 7.93. The van der Waals surface area contributed by atoms with Crippen molar-refractivity contribution in [1.82, 2.24) is 4.98 Å². The summed E-state index contributed by atoms with van der Waals surface area (Å²) in [6.07, 6.45) is 3.62. The van der Waals surface area contributed by atoms with Gasteiger partial charge >= 0.3 is 0 Å². The largest absolute Gasteiger partial charge is 0.322 e. The van der Waals surface area contributed by atoms with Gasteiger partial charge in [-0.3, -0.25) is 14.1 Å². The van der Waals surface area contributed by atoms with Gasteiger partial charge in [-0.05, 0) is 36.8 Å². The van der Waals surface area contributed by atoms with Crippen LogP contribution in [-0.2, 0) is 10.0 Å². The van der Waals surface area contributed by atoms with Crippen LogP contribution in [0, 0.1) is 0 Å². The van der Waals surface area contributed by atoms with Gasteiger partial charge in [0.05, 0.1) is 22.0 Å². The smallest absolute Gasteiger partial charge is 0.257 e. The molecule has 1 aromatic carbocycles. The average Bonchev–Trinajstić information content (AvgIpc) is 2.87. The van der Waals surface area contributed by atoms with E-state index in [9.17, 15) is 13.2 Å². The summed E-state index contributed by atoms with van der Waals surface area (Å²) in [5, 5.41) is 2.98. The molecular formula is C15H14ClN3O3S. The molecule has 0 bridgehead atoms. The fraction of sp³-hybridized carbons (Fsp3) is 0.200. The van der Waals surface area contributed by atoms with Crippen LogP contribution in [-0.4, -0.2) is 31.6 Å². The predicted molar refractivity (Wildman–Crippen MR) is 89.4 cm³/mol. The lowest BCUT2D eigenvalue weighted by Gasteiger charge is -2.19. The number of pyridine rings is 1. The Hall–Kier alpha value is -2.12. The summed E-state index contributed by atoms with van der Waals surface area (Å²) in [7, 11) is -3.29.